The smallest absolute Gasteiger partial charge is 0.257 e. The van der Waals surface area contributed by atoms with E-state index in [1.165, 1.54) is 11.1 Å². The molecule has 0 aliphatic carbocycles. The highest BCUT2D eigenvalue weighted by Gasteiger charge is 2.36. The molecule has 4 rings (SSSR count). The van der Waals surface area contributed by atoms with Gasteiger partial charge in [0.2, 0.25) is 0 Å². The maximum Gasteiger partial charge on any atom is 0.257 e. The number of nitrogens with one attached hydrogen (secondary N) is 1. The van der Waals surface area contributed by atoms with Gasteiger partial charge in [-0.2, -0.15) is 0 Å². The number of ether oxygens (including phenoxy) is 1. The lowest BCUT2D eigenvalue weighted by Gasteiger charge is -2.31. The van der Waals surface area contributed by atoms with Crippen LogP contribution in [0.3, 0.4) is 0 Å². The van der Waals surface area contributed by atoms with Gasteiger partial charge >= 0.3 is 0 Å². The van der Waals surface area contributed by atoms with Gasteiger partial charge in [-0.15, -0.1) is 0 Å². The van der Waals surface area contributed by atoms with E-state index in [4.69, 9.17) is 4.74 Å². The highest BCUT2D eigenvalue weighted by Crippen LogP contribution is 2.41. The van der Waals surface area contributed by atoms with Gasteiger partial charge in [0.1, 0.15) is 11.9 Å². The zero-order chi connectivity index (χ0) is 16.7. The van der Waals surface area contributed by atoms with Crippen LogP contribution in [0, 0.1) is 6.92 Å². The van der Waals surface area contributed by atoms with Crippen LogP contribution in [0.1, 0.15) is 27.9 Å². The molecule has 2 aliphatic heterocycles. The summed E-state index contributed by atoms with van der Waals surface area (Å²) in [6.45, 7) is 2.79. The fraction of sp³-hybridized carbons (Fsp3) is 0.263. The van der Waals surface area contributed by atoms with E-state index in [1.807, 2.05) is 11.0 Å². The van der Waals surface area contributed by atoms with Crippen LogP contribution in [0.15, 0.2) is 42.2 Å². The van der Waals surface area contributed by atoms with Crippen molar-refractivity contribution >= 4 is 17.7 Å². The lowest BCUT2D eigenvalue weighted by Crippen LogP contribution is -2.42. The van der Waals surface area contributed by atoms with Crippen molar-refractivity contribution in [2.75, 3.05) is 19.0 Å². The summed E-state index contributed by atoms with van der Waals surface area (Å²) >= 11 is 0. The number of methoxy groups -OCH3 is 1. The summed E-state index contributed by atoms with van der Waals surface area (Å²) in [5, 5.41) is 3.51. The number of hydrogen-bond donors (Lipinski definition) is 1. The molecule has 122 valence electrons. The molecule has 5 nitrogen and oxygen atoms in total. The average Bonchev–Trinajstić information content (AvgIpc) is 3.04. The van der Waals surface area contributed by atoms with Gasteiger partial charge in [0, 0.05) is 24.5 Å². The fourth-order valence-corrected chi connectivity index (χ4v) is 3.44. The summed E-state index contributed by atoms with van der Waals surface area (Å²) in [5.74, 6) is 0.797. The van der Waals surface area contributed by atoms with Crippen LogP contribution < -0.4 is 10.1 Å². The number of aryl methyl sites for hydroxylation is 1. The fourth-order valence-electron chi connectivity index (χ4n) is 3.44. The summed E-state index contributed by atoms with van der Waals surface area (Å²) in [6, 6.07) is 7.61. The number of benzene rings is 1. The van der Waals surface area contributed by atoms with Crippen molar-refractivity contribution < 1.29 is 9.53 Å². The molecule has 1 fully saturated rings. The molecular weight excluding hydrogens is 302 g/mol. The second-order valence-electron chi connectivity index (χ2n) is 6.13. The highest BCUT2D eigenvalue weighted by atomic mass is 16.5. The van der Waals surface area contributed by atoms with Gasteiger partial charge < -0.3 is 15.0 Å². The predicted octanol–water partition coefficient (Wildman–Crippen LogP) is 3.08. The molecule has 1 aromatic carbocycles. The SMILES string of the molecule is COc1ccc(C)c2c1NC1C(=C2)CCN1C(=O)c1cccnc1. The Morgan fingerprint density at radius 2 is 2.25 bits per heavy atom. The lowest BCUT2D eigenvalue weighted by molar-refractivity contribution is 0.0759. The van der Waals surface area contributed by atoms with Crippen LogP contribution in [0.25, 0.3) is 6.08 Å². The van der Waals surface area contributed by atoms with Crippen LogP contribution >= 0.6 is 0 Å². The maximum absolute atomic E-state index is 12.8. The van der Waals surface area contributed by atoms with Crippen LogP contribution in [0.5, 0.6) is 5.75 Å². The first-order valence-corrected chi connectivity index (χ1v) is 8.04. The number of hydrogen-bond acceptors (Lipinski definition) is 4. The molecule has 24 heavy (non-hydrogen) atoms. The van der Waals surface area contributed by atoms with E-state index in [1.54, 1.807) is 31.6 Å². The number of amides is 1. The number of pyridine rings is 1. The van der Waals surface area contributed by atoms with Crippen LogP contribution in [-0.2, 0) is 0 Å². The molecule has 1 atom stereocenters. The van der Waals surface area contributed by atoms with Crippen molar-refractivity contribution in [3.8, 4) is 5.75 Å². The number of carbonyl (C=O) groups excluding carboxylic acids is 1. The second-order valence-corrected chi connectivity index (χ2v) is 6.13. The maximum atomic E-state index is 12.8. The number of likely N-dealkylation sites (tertiary alicyclic amines) is 1. The van der Waals surface area contributed by atoms with E-state index < -0.39 is 0 Å². The molecule has 0 radical (unpaired) electrons. The Balaban J connectivity index is 1.70. The minimum atomic E-state index is -0.124. The number of carbonyl (C=O) groups is 1. The van der Waals surface area contributed by atoms with Gasteiger partial charge in [-0.25, -0.2) is 0 Å². The normalized spacial score (nSPS) is 18.3. The topological polar surface area (TPSA) is 54.5 Å². The lowest BCUT2D eigenvalue weighted by atomic mass is 9.97. The van der Waals surface area contributed by atoms with E-state index >= 15 is 0 Å². The number of aromatic nitrogens is 1. The Morgan fingerprint density at radius 1 is 1.38 bits per heavy atom. The second kappa shape index (κ2) is 5.67. The average molecular weight is 321 g/mol. The molecule has 0 saturated carbocycles. The number of nitrogens with zero attached hydrogens (tertiary/aromatic N) is 2. The quantitative estimate of drug-likeness (QED) is 0.923. The molecule has 1 aromatic heterocycles. The van der Waals surface area contributed by atoms with Gasteiger partial charge in [-0.1, -0.05) is 6.07 Å². The first-order chi connectivity index (χ1) is 11.7. The molecule has 1 unspecified atom stereocenters. The summed E-state index contributed by atoms with van der Waals surface area (Å²) in [5.41, 5.74) is 5.15. The van der Waals surface area contributed by atoms with Gasteiger partial charge in [0.25, 0.3) is 5.91 Å². The largest absolute Gasteiger partial charge is 0.495 e. The van der Waals surface area contributed by atoms with Crippen molar-refractivity contribution in [3.63, 3.8) is 0 Å². The highest BCUT2D eigenvalue weighted by molar-refractivity contribution is 5.95. The summed E-state index contributed by atoms with van der Waals surface area (Å²) < 4.78 is 5.49. The standard InChI is InChI=1S/C19H19N3O2/c1-12-5-6-16(24-2)17-15(12)10-13-7-9-22(18(13)21-17)19(23)14-4-3-8-20-11-14/h3-6,8,10-11,18,21H,7,9H2,1-2H3. The van der Waals surface area contributed by atoms with Crippen molar-refractivity contribution in [2.45, 2.75) is 19.5 Å². The van der Waals surface area contributed by atoms with Crippen LogP contribution in [0.4, 0.5) is 5.69 Å². The molecule has 1 saturated heterocycles. The van der Waals surface area contributed by atoms with Crippen molar-refractivity contribution in [1.82, 2.24) is 9.88 Å². The summed E-state index contributed by atoms with van der Waals surface area (Å²) in [6.07, 6.45) is 6.24. The van der Waals surface area contributed by atoms with Crippen molar-refractivity contribution in [3.05, 3.63) is 58.9 Å². The van der Waals surface area contributed by atoms with Crippen LogP contribution in [-0.4, -0.2) is 35.6 Å². The summed E-state index contributed by atoms with van der Waals surface area (Å²) in [4.78, 5) is 18.7. The Morgan fingerprint density at radius 3 is 3.00 bits per heavy atom. The summed E-state index contributed by atoms with van der Waals surface area (Å²) in [7, 11) is 1.67. The van der Waals surface area contributed by atoms with E-state index in [2.05, 4.69) is 29.4 Å². The number of anilines is 1. The monoisotopic (exact) mass is 321 g/mol. The Hall–Kier alpha value is -2.82. The third kappa shape index (κ3) is 2.24. The van der Waals surface area contributed by atoms with Crippen molar-refractivity contribution in [2.24, 2.45) is 0 Å². The Kier molecular flexibility index (Phi) is 3.49. The van der Waals surface area contributed by atoms with Crippen LogP contribution in [0.2, 0.25) is 0 Å². The first-order valence-electron chi connectivity index (χ1n) is 8.04. The van der Waals surface area contributed by atoms with E-state index in [-0.39, 0.29) is 12.1 Å². The van der Waals surface area contributed by atoms with Gasteiger partial charge in [-0.3, -0.25) is 9.78 Å². The molecule has 0 spiro atoms. The third-order valence-corrected chi connectivity index (χ3v) is 4.73. The number of fused-ring (bicyclic) bond motifs is 2. The Bertz CT molecular complexity index is 830. The molecule has 0 bridgehead atoms. The van der Waals surface area contributed by atoms with Gasteiger partial charge in [0.05, 0.1) is 18.4 Å². The minimum absolute atomic E-state index is 0.000861. The molecule has 2 aliphatic rings. The minimum Gasteiger partial charge on any atom is -0.495 e. The zero-order valence-corrected chi connectivity index (χ0v) is 13.7. The zero-order valence-electron chi connectivity index (χ0n) is 13.7. The third-order valence-electron chi connectivity index (χ3n) is 4.73. The predicted molar refractivity (Wildman–Crippen MR) is 93.0 cm³/mol. The number of rotatable bonds is 2. The van der Waals surface area contributed by atoms with E-state index in [0.29, 0.717) is 12.1 Å². The molecule has 3 heterocycles. The van der Waals surface area contributed by atoms with Gasteiger partial charge in [0.15, 0.2) is 0 Å². The van der Waals surface area contributed by atoms with Crippen molar-refractivity contribution in [1.29, 1.82) is 0 Å². The van der Waals surface area contributed by atoms with E-state index in [9.17, 15) is 4.79 Å². The first kappa shape index (κ1) is 14.8. The molecule has 1 amide bonds. The van der Waals surface area contributed by atoms with Gasteiger partial charge in [-0.05, 0) is 48.8 Å². The Labute approximate surface area is 141 Å². The molecule has 5 heteroatoms. The molecular formula is C19H19N3O2. The molecule has 2 aromatic rings. The van der Waals surface area contributed by atoms with E-state index in [0.717, 1.165) is 23.4 Å². The molecule has 1 N–H and O–H groups in total.